The van der Waals surface area contributed by atoms with Gasteiger partial charge >= 0.3 is 0 Å². The first-order valence-corrected chi connectivity index (χ1v) is 3.49. The van der Waals surface area contributed by atoms with E-state index in [9.17, 15) is 4.79 Å². The van der Waals surface area contributed by atoms with Crippen molar-refractivity contribution in [1.29, 1.82) is 0 Å². The van der Waals surface area contributed by atoms with Crippen LogP contribution in [0, 0.1) is 0 Å². The number of carbonyl (C=O) groups excluding carboxylic acids is 1. The van der Waals surface area contributed by atoms with Gasteiger partial charge in [0.05, 0.1) is 0 Å². The van der Waals surface area contributed by atoms with E-state index in [1.807, 2.05) is 0 Å². The van der Waals surface area contributed by atoms with Crippen molar-refractivity contribution >= 4 is 5.91 Å². The average molecular weight is 143 g/mol. The topological polar surface area (TPSA) is 81.1 Å². The fourth-order valence-corrected chi connectivity index (χ4v) is 1.02. The second-order valence-corrected chi connectivity index (χ2v) is 2.75. The smallest absolute Gasteiger partial charge is 0.254 e. The van der Waals surface area contributed by atoms with Crippen molar-refractivity contribution in [2.75, 3.05) is 6.54 Å². The molecule has 1 aliphatic rings. The van der Waals surface area contributed by atoms with E-state index >= 15 is 0 Å². The van der Waals surface area contributed by atoms with E-state index in [1.165, 1.54) is 0 Å². The Hall–Kier alpha value is -0.610. The Morgan fingerprint density at radius 1 is 1.40 bits per heavy atom. The summed E-state index contributed by atoms with van der Waals surface area (Å²) in [6, 6.07) is 0. The summed E-state index contributed by atoms with van der Waals surface area (Å²) in [6.45, 7) is 0.703. The molecule has 1 fully saturated rings. The van der Waals surface area contributed by atoms with Gasteiger partial charge < -0.3 is 16.8 Å². The summed E-state index contributed by atoms with van der Waals surface area (Å²) in [5.74, 6) is -0.231. The zero-order valence-corrected chi connectivity index (χ0v) is 5.89. The molecule has 1 heterocycles. The lowest BCUT2D eigenvalue weighted by atomic mass is 10.1. The number of rotatable bonds is 0. The molecule has 1 saturated heterocycles. The fraction of sp³-hybridized carbons (Fsp3) is 0.833. The van der Waals surface area contributed by atoms with Crippen molar-refractivity contribution in [2.24, 2.45) is 11.5 Å². The van der Waals surface area contributed by atoms with Crippen LogP contribution in [0.5, 0.6) is 0 Å². The highest BCUT2D eigenvalue weighted by Crippen LogP contribution is 2.08. The first-order chi connectivity index (χ1) is 4.63. The molecule has 4 heteroatoms. The Kier molecular flexibility index (Phi) is 1.92. The number of nitrogens with one attached hydrogen (secondary N) is 1. The number of carbonyl (C=O) groups is 1. The molecule has 0 aromatic heterocycles. The Balaban J connectivity index is 2.61. The Morgan fingerprint density at radius 3 is 2.80 bits per heavy atom. The molecule has 5 N–H and O–H groups in total. The van der Waals surface area contributed by atoms with Crippen molar-refractivity contribution in [2.45, 2.75) is 24.9 Å². The first kappa shape index (κ1) is 7.50. The summed E-state index contributed by atoms with van der Waals surface area (Å²) in [4.78, 5) is 11.0. The van der Waals surface area contributed by atoms with Gasteiger partial charge in [-0.3, -0.25) is 4.79 Å². The van der Waals surface area contributed by atoms with Crippen LogP contribution in [0.2, 0.25) is 0 Å². The highest BCUT2D eigenvalue weighted by Gasteiger charge is 2.29. The minimum Gasteiger partial charge on any atom is -0.353 e. The van der Waals surface area contributed by atoms with Crippen molar-refractivity contribution < 1.29 is 4.79 Å². The SMILES string of the molecule is NC1(N)CCCCNC1=O. The Bertz CT molecular complexity index is 144. The van der Waals surface area contributed by atoms with Crippen LogP contribution >= 0.6 is 0 Å². The van der Waals surface area contributed by atoms with Gasteiger partial charge in [-0.2, -0.15) is 0 Å². The van der Waals surface area contributed by atoms with E-state index in [0.717, 1.165) is 12.8 Å². The highest BCUT2D eigenvalue weighted by molar-refractivity contribution is 5.85. The van der Waals surface area contributed by atoms with Gasteiger partial charge in [0, 0.05) is 6.54 Å². The summed E-state index contributed by atoms with van der Waals surface area (Å²) in [7, 11) is 0. The van der Waals surface area contributed by atoms with Gasteiger partial charge in [0.2, 0.25) is 0 Å². The maximum absolute atomic E-state index is 11.0. The summed E-state index contributed by atoms with van der Waals surface area (Å²) in [6.07, 6.45) is 2.48. The van der Waals surface area contributed by atoms with Crippen LogP contribution in [0.15, 0.2) is 0 Å². The van der Waals surface area contributed by atoms with Gasteiger partial charge in [-0.15, -0.1) is 0 Å². The van der Waals surface area contributed by atoms with Gasteiger partial charge in [-0.1, -0.05) is 0 Å². The second kappa shape index (κ2) is 2.56. The number of hydrogen-bond acceptors (Lipinski definition) is 3. The molecule has 0 aliphatic carbocycles. The molecule has 0 aromatic carbocycles. The quantitative estimate of drug-likeness (QED) is 0.376. The molecule has 0 spiro atoms. The minimum absolute atomic E-state index is 0.231. The van der Waals surface area contributed by atoms with Crippen LogP contribution in [0.25, 0.3) is 0 Å². The molecule has 0 aromatic rings. The molecule has 0 saturated carbocycles. The third-order valence-corrected chi connectivity index (χ3v) is 1.73. The lowest BCUT2D eigenvalue weighted by Gasteiger charge is -2.19. The molecule has 1 rings (SSSR count). The van der Waals surface area contributed by atoms with Gasteiger partial charge in [0.15, 0.2) is 0 Å². The van der Waals surface area contributed by atoms with Crippen LogP contribution in [0.3, 0.4) is 0 Å². The maximum atomic E-state index is 11.0. The normalized spacial score (nSPS) is 25.2. The van der Waals surface area contributed by atoms with Gasteiger partial charge in [0.1, 0.15) is 5.66 Å². The molecular weight excluding hydrogens is 130 g/mol. The van der Waals surface area contributed by atoms with Gasteiger partial charge in [0.25, 0.3) is 5.91 Å². The molecule has 4 nitrogen and oxygen atoms in total. The highest BCUT2D eigenvalue weighted by atomic mass is 16.2. The Labute approximate surface area is 59.9 Å². The number of amides is 1. The minimum atomic E-state index is -1.13. The predicted octanol–water partition coefficient (Wildman–Crippen LogP) is -1.10. The van der Waals surface area contributed by atoms with Gasteiger partial charge in [-0.25, -0.2) is 0 Å². The lowest BCUT2D eigenvalue weighted by Crippen LogP contribution is -2.59. The number of hydrogen-bond donors (Lipinski definition) is 3. The standard InChI is InChI=1S/C6H13N3O/c7-6(8)3-1-2-4-9-5(6)10/h1-4,7-8H2,(H,9,10). The monoisotopic (exact) mass is 143 g/mol. The van der Waals surface area contributed by atoms with Crippen molar-refractivity contribution in [3.8, 4) is 0 Å². The number of nitrogens with two attached hydrogens (primary N) is 2. The van der Waals surface area contributed by atoms with E-state index in [-0.39, 0.29) is 5.91 Å². The van der Waals surface area contributed by atoms with Crippen LogP contribution < -0.4 is 16.8 Å². The fourth-order valence-electron chi connectivity index (χ4n) is 1.02. The van der Waals surface area contributed by atoms with Crippen LogP contribution in [0.1, 0.15) is 19.3 Å². The van der Waals surface area contributed by atoms with E-state index < -0.39 is 5.66 Å². The first-order valence-electron chi connectivity index (χ1n) is 3.49. The van der Waals surface area contributed by atoms with E-state index in [1.54, 1.807) is 0 Å². The molecule has 10 heavy (non-hydrogen) atoms. The molecular formula is C6H13N3O. The summed E-state index contributed by atoms with van der Waals surface area (Å²) < 4.78 is 0. The second-order valence-electron chi connectivity index (χ2n) is 2.75. The van der Waals surface area contributed by atoms with Gasteiger partial charge in [-0.05, 0) is 19.3 Å². The molecule has 0 bridgehead atoms. The summed E-state index contributed by atoms with van der Waals surface area (Å²) >= 11 is 0. The lowest BCUT2D eigenvalue weighted by molar-refractivity contribution is -0.125. The molecule has 0 atom stereocenters. The summed E-state index contributed by atoms with van der Waals surface area (Å²) in [5, 5.41) is 2.65. The van der Waals surface area contributed by atoms with E-state index in [2.05, 4.69) is 5.32 Å². The average Bonchev–Trinajstić information content (AvgIpc) is 1.96. The third-order valence-electron chi connectivity index (χ3n) is 1.73. The van der Waals surface area contributed by atoms with E-state index in [4.69, 9.17) is 11.5 Å². The molecule has 0 unspecified atom stereocenters. The van der Waals surface area contributed by atoms with E-state index in [0.29, 0.717) is 13.0 Å². The zero-order valence-electron chi connectivity index (χ0n) is 5.89. The largest absolute Gasteiger partial charge is 0.353 e. The van der Waals surface area contributed by atoms with Crippen LogP contribution in [-0.2, 0) is 4.79 Å². The van der Waals surface area contributed by atoms with Crippen LogP contribution in [0.4, 0.5) is 0 Å². The van der Waals surface area contributed by atoms with Crippen molar-refractivity contribution in [1.82, 2.24) is 5.32 Å². The zero-order chi connectivity index (χ0) is 7.61. The van der Waals surface area contributed by atoms with Crippen molar-refractivity contribution in [3.05, 3.63) is 0 Å². The van der Waals surface area contributed by atoms with Crippen LogP contribution in [-0.4, -0.2) is 18.1 Å². The van der Waals surface area contributed by atoms with Crippen molar-refractivity contribution in [3.63, 3.8) is 0 Å². The summed E-state index contributed by atoms with van der Waals surface area (Å²) in [5.41, 5.74) is 9.85. The Morgan fingerprint density at radius 2 is 2.10 bits per heavy atom. The predicted molar refractivity (Wildman–Crippen MR) is 38.0 cm³/mol. The molecule has 1 aliphatic heterocycles. The molecule has 58 valence electrons. The molecule has 1 amide bonds. The maximum Gasteiger partial charge on any atom is 0.254 e. The molecule has 0 radical (unpaired) electrons. The third kappa shape index (κ3) is 1.46.